The second kappa shape index (κ2) is 5.21. The van der Waals surface area contributed by atoms with Crippen molar-refractivity contribution in [3.8, 4) is 0 Å². The number of aliphatic carboxylic acids is 1. The highest BCUT2D eigenvalue weighted by atomic mass is 16.4. The smallest absolute Gasteiger partial charge is 0.323 e. The molecule has 0 aliphatic rings. The first-order valence-electron chi connectivity index (χ1n) is 5.82. The minimum atomic E-state index is -1.02. The predicted molar refractivity (Wildman–Crippen MR) is 70.8 cm³/mol. The lowest BCUT2D eigenvalue weighted by Gasteiger charge is -2.22. The summed E-state index contributed by atoms with van der Waals surface area (Å²) in [6.45, 7) is 7.34. The summed E-state index contributed by atoms with van der Waals surface area (Å²) in [6, 6.07) is 7.41. The van der Waals surface area contributed by atoms with Gasteiger partial charge in [-0.15, -0.1) is 0 Å². The summed E-state index contributed by atoms with van der Waals surface area (Å²) in [5.74, 6) is -1.30. The van der Waals surface area contributed by atoms with Crippen LogP contribution in [-0.2, 0) is 15.0 Å². The molecule has 1 N–H and O–H groups in total. The Labute approximate surface area is 107 Å². The van der Waals surface area contributed by atoms with E-state index in [4.69, 9.17) is 5.11 Å². The van der Waals surface area contributed by atoms with Crippen LogP contribution in [0.4, 0.5) is 5.69 Å². The van der Waals surface area contributed by atoms with Crippen LogP contribution < -0.4 is 4.90 Å². The standard InChI is InChI=1S/C14H19NO3/c1-10(16)15(9-13(17)18)12-7-5-11(6-8-12)14(2,3)4/h5-8H,9H2,1-4H3,(H,17,18). The molecule has 4 nitrogen and oxygen atoms in total. The molecule has 0 saturated heterocycles. The van der Waals surface area contributed by atoms with Crippen molar-refractivity contribution in [2.45, 2.75) is 33.1 Å². The fourth-order valence-corrected chi connectivity index (χ4v) is 1.66. The summed E-state index contributed by atoms with van der Waals surface area (Å²) >= 11 is 0. The number of carboxylic acid groups (broad SMARTS) is 1. The molecule has 0 spiro atoms. The molecule has 1 rings (SSSR count). The van der Waals surface area contributed by atoms with Crippen LogP contribution in [0.2, 0.25) is 0 Å². The summed E-state index contributed by atoms with van der Waals surface area (Å²) in [6.07, 6.45) is 0. The molecule has 0 atom stereocenters. The third-order valence-corrected chi connectivity index (χ3v) is 2.72. The maximum Gasteiger partial charge on any atom is 0.323 e. The molecule has 0 aromatic heterocycles. The molecule has 1 aromatic rings. The lowest BCUT2D eigenvalue weighted by Crippen LogP contribution is -2.33. The quantitative estimate of drug-likeness (QED) is 0.895. The number of benzene rings is 1. The van der Waals surface area contributed by atoms with Gasteiger partial charge in [0.25, 0.3) is 0 Å². The van der Waals surface area contributed by atoms with E-state index in [0.29, 0.717) is 5.69 Å². The third kappa shape index (κ3) is 3.58. The first-order valence-corrected chi connectivity index (χ1v) is 5.82. The average Bonchev–Trinajstić information content (AvgIpc) is 2.24. The van der Waals surface area contributed by atoms with Gasteiger partial charge in [-0.2, -0.15) is 0 Å². The number of hydrogen-bond donors (Lipinski definition) is 1. The van der Waals surface area contributed by atoms with Gasteiger partial charge in [-0.1, -0.05) is 32.9 Å². The summed E-state index contributed by atoms with van der Waals surface area (Å²) < 4.78 is 0. The van der Waals surface area contributed by atoms with Gasteiger partial charge in [-0.3, -0.25) is 9.59 Å². The average molecular weight is 249 g/mol. The van der Waals surface area contributed by atoms with Gasteiger partial charge in [0.2, 0.25) is 5.91 Å². The van der Waals surface area contributed by atoms with E-state index in [2.05, 4.69) is 20.8 Å². The minimum absolute atomic E-state index is 0.0341. The van der Waals surface area contributed by atoms with Crippen LogP contribution >= 0.6 is 0 Å². The van der Waals surface area contributed by atoms with Crippen LogP contribution in [-0.4, -0.2) is 23.5 Å². The van der Waals surface area contributed by atoms with Crippen molar-refractivity contribution >= 4 is 17.6 Å². The largest absolute Gasteiger partial charge is 0.480 e. The first-order chi connectivity index (χ1) is 8.21. The van der Waals surface area contributed by atoms with E-state index in [1.54, 1.807) is 12.1 Å². The number of carbonyl (C=O) groups excluding carboxylic acids is 1. The summed E-state index contributed by atoms with van der Waals surface area (Å²) in [4.78, 5) is 23.4. The van der Waals surface area contributed by atoms with Crippen molar-refractivity contribution in [3.05, 3.63) is 29.8 Å². The Morgan fingerprint density at radius 3 is 2.00 bits per heavy atom. The van der Waals surface area contributed by atoms with Gasteiger partial charge in [0, 0.05) is 12.6 Å². The maximum absolute atomic E-state index is 11.4. The zero-order valence-corrected chi connectivity index (χ0v) is 11.2. The molecule has 0 bridgehead atoms. The van der Waals surface area contributed by atoms with Crippen LogP contribution in [0.1, 0.15) is 33.3 Å². The Bertz CT molecular complexity index is 443. The zero-order chi connectivity index (χ0) is 13.9. The van der Waals surface area contributed by atoms with E-state index in [1.165, 1.54) is 11.8 Å². The number of carbonyl (C=O) groups is 2. The van der Waals surface area contributed by atoms with Gasteiger partial charge in [-0.25, -0.2) is 0 Å². The molecule has 0 fully saturated rings. The molecule has 0 aliphatic carbocycles. The van der Waals surface area contributed by atoms with Crippen LogP contribution in [0.15, 0.2) is 24.3 Å². The van der Waals surface area contributed by atoms with Crippen molar-refractivity contribution in [3.63, 3.8) is 0 Å². The fourth-order valence-electron chi connectivity index (χ4n) is 1.66. The molecule has 18 heavy (non-hydrogen) atoms. The number of anilines is 1. The Morgan fingerprint density at radius 1 is 1.17 bits per heavy atom. The van der Waals surface area contributed by atoms with Crippen LogP contribution in [0, 0.1) is 0 Å². The summed E-state index contributed by atoms with van der Waals surface area (Å²) in [7, 11) is 0. The van der Waals surface area contributed by atoms with E-state index in [1.807, 2.05) is 12.1 Å². The monoisotopic (exact) mass is 249 g/mol. The third-order valence-electron chi connectivity index (χ3n) is 2.72. The molecule has 0 heterocycles. The molecule has 1 amide bonds. The van der Waals surface area contributed by atoms with E-state index in [9.17, 15) is 9.59 Å². The highest BCUT2D eigenvalue weighted by Crippen LogP contribution is 2.24. The number of nitrogens with zero attached hydrogens (tertiary/aromatic N) is 1. The highest BCUT2D eigenvalue weighted by Gasteiger charge is 2.17. The first kappa shape index (κ1) is 14.2. The van der Waals surface area contributed by atoms with Gasteiger partial charge in [0.1, 0.15) is 6.54 Å². The zero-order valence-electron chi connectivity index (χ0n) is 11.2. The normalized spacial score (nSPS) is 11.1. The highest BCUT2D eigenvalue weighted by molar-refractivity contribution is 5.95. The Morgan fingerprint density at radius 2 is 1.67 bits per heavy atom. The van der Waals surface area contributed by atoms with E-state index in [0.717, 1.165) is 5.56 Å². The second-order valence-corrected chi connectivity index (χ2v) is 5.30. The van der Waals surface area contributed by atoms with E-state index in [-0.39, 0.29) is 17.9 Å². The van der Waals surface area contributed by atoms with Gasteiger partial charge in [0.05, 0.1) is 0 Å². The van der Waals surface area contributed by atoms with Crippen molar-refractivity contribution in [2.75, 3.05) is 11.4 Å². The summed E-state index contributed by atoms with van der Waals surface area (Å²) in [5.41, 5.74) is 1.79. The molecular weight excluding hydrogens is 230 g/mol. The molecule has 0 aliphatic heterocycles. The Kier molecular flexibility index (Phi) is 4.11. The molecule has 0 unspecified atom stereocenters. The number of carboxylic acids is 1. The van der Waals surface area contributed by atoms with Crippen molar-refractivity contribution < 1.29 is 14.7 Å². The van der Waals surface area contributed by atoms with E-state index < -0.39 is 5.97 Å². The van der Waals surface area contributed by atoms with E-state index >= 15 is 0 Å². The van der Waals surface area contributed by atoms with Crippen LogP contribution in [0.25, 0.3) is 0 Å². The number of hydrogen-bond acceptors (Lipinski definition) is 2. The molecule has 0 saturated carbocycles. The predicted octanol–water partition coefficient (Wildman–Crippen LogP) is 2.42. The van der Waals surface area contributed by atoms with Gasteiger partial charge < -0.3 is 10.0 Å². The van der Waals surface area contributed by atoms with Crippen molar-refractivity contribution in [1.82, 2.24) is 0 Å². The van der Waals surface area contributed by atoms with Gasteiger partial charge >= 0.3 is 5.97 Å². The lowest BCUT2D eigenvalue weighted by atomic mass is 9.87. The second-order valence-electron chi connectivity index (χ2n) is 5.30. The SMILES string of the molecule is CC(=O)N(CC(=O)O)c1ccc(C(C)(C)C)cc1. The Hall–Kier alpha value is -1.84. The fraction of sp³-hybridized carbons (Fsp3) is 0.429. The van der Waals surface area contributed by atoms with Crippen molar-refractivity contribution in [1.29, 1.82) is 0 Å². The molecular formula is C14H19NO3. The lowest BCUT2D eigenvalue weighted by molar-refractivity contribution is -0.136. The van der Waals surface area contributed by atoms with Gasteiger partial charge in [0.15, 0.2) is 0 Å². The molecule has 98 valence electrons. The van der Waals surface area contributed by atoms with Crippen LogP contribution in [0.3, 0.4) is 0 Å². The van der Waals surface area contributed by atoms with Gasteiger partial charge in [-0.05, 0) is 23.1 Å². The maximum atomic E-state index is 11.4. The molecule has 4 heteroatoms. The molecule has 1 aromatic carbocycles. The number of amides is 1. The van der Waals surface area contributed by atoms with Crippen molar-refractivity contribution in [2.24, 2.45) is 0 Å². The topological polar surface area (TPSA) is 57.6 Å². The molecule has 0 radical (unpaired) electrons. The number of rotatable bonds is 3. The summed E-state index contributed by atoms with van der Waals surface area (Å²) in [5, 5.41) is 8.78. The van der Waals surface area contributed by atoms with Crippen LogP contribution in [0.5, 0.6) is 0 Å². The Balaban J connectivity index is 3.01. The minimum Gasteiger partial charge on any atom is -0.480 e.